The number of hydrogen-bond donors (Lipinski definition) is 2. The Morgan fingerprint density at radius 1 is 1.27 bits per heavy atom. The van der Waals surface area contributed by atoms with Gasteiger partial charge in [0.15, 0.2) is 11.5 Å². The molecule has 3 aliphatic rings. The van der Waals surface area contributed by atoms with Crippen LogP contribution in [0.25, 0.3) is 0 Å². The summed E-state index contributed by atoms with van der Waals surface area (Å²) in [5, 5.41) is 6.51. The van der Waals surface area contributed by atoms with Crippen molar-refractivity contribution in [2.24, 2.45) is 5.92 Å². The van der Waals surface area contributed by atoms with Crippen LogP contribution in [0.1, 0.15) is 26.2 Å². The van der Waals surface area contributed by atoms with Gasteiger partial charge in [-0.15, -0.1) is 0 Å². The maximum atomic E-state index is 12.6. The number of ether oxygens (including phenoxy) is 2. The number of nitrogens with one attached hydrogen (secondary N) is 2. The van der Waals surface area contributed by atoms with Crippen LogP contribution in [0.15, 0.2) is 18.2 Å². The maximum absolute atomic E-state index is 12.6. The summed E-state index contributed by atoms with van der Waals surface area (Å²) >= 11 is 0. The molecule has 0 saturated carbocycles. The highest BCUT2D eigenvalue weighted by atomic mass is 16.6. The van der Waals surface area contributed by atoms with E-state index in [9.17, 15) is 9.59 Å². The topological polar surface area (TPSA) is 79.9 Å². The zero-order chi connectivity index (χ0) is 18.1. The van der Waals surface area contributed by atoms with Crippen molar-refractivity contribution in [2.75, 3.05) is 31.2 Å². The van der Waals surface area contributed by atoms with Crippen molar-refractivity contribution in [3.8, 4) is 11.5 Å². The van der Waals surface area contributed by atoms with E-state index in [1.54, 1.807) is 4.90 Å². The fourth-order valence-electron chi connectivity index (χ4n) is 3.91. The summed E-state index contributed by atoms with van der Waals surface area (Å²) in [6, 6.07) is 6.09. The first-order valence-corrected chi connectivity index (χ1v) is 9.34. The van der Waals surface area contributed by atoms with Crippen LogP contribution < -0.4 is 25.0 Å². The highest BCUT2D eigenvalue weighted by molar-refractivity contribution is 6.00. The van der Waals surface area contributed by atoms with Crippen LogP contribution in [0, 0.1) is 5.92 Å². The van der Waals surface area contributed by atoms with Crippen LogP contribution in [0.4, 0.5) is 5.69 Å². The first-order chi connectivity index (χ1) is 12.6. The van der Waals surface area contributed by atoms with E-state index in [2.05, 4.69) is 17.6 Å². The Labute approximate surface area is 153 Å². The van der Waals surface area contributed by atoms with Crippen molar-refractivity contribution < 1.29 is 19.1 Å². The Bertz CT molecular complexity index is 708. The van der Waals surface area contributed by atoms with Crippen molar-refractivity contribution >= 4 is 17.5 Å². The second kappa shape index (κ2) is 7.15. The molecule has 2 N–H and O–H groups in total. The molecule has 26 heavy (non-hydrogen) atoms. The van der Waals surface area contributed by atoms with E-state index < -0.39 is 0 Å². The first kappa shape index (κ1) is 17.1. The van der Waals surface area contributed by atoms with Crippen LogP contribution in [-0.2, 0) is 9.59 Å². The van der Waals surface area contributed by atoms with Crippen molar-refractivity contribution in [3.63, 3.8) is 0 Å². The Morgan fingerprint density at radius 3 is 2.88 bits per heavy atom. The van der Waals surface area contributed by atoms with Gasteiger partial charge in [0.25, 0.3) is 0 Å². The van der Waals surface area contributed by atoms with Gasteiger partial charge in [0.1, 0.15) is 13.2 Å². The lowest BCUT2D eigenvalue weighted by atomic mass is 9.99. The second-order valence-electron chi connectivity index (χ2n) is 7.32. The molecule has 2 amide bonds. The summed E-state index contributed by atoms with van der Waals surface area (Å²) in [6.07, 6.45) is 2.11. The summed E-state index contributed by atoms with van der Waals surface area (Å²) in [5.41, 5.74) is 0.755. The molecule has 3 unspecified atom stereocenters. The van der Waals surface area contributed by atoms with Crippen molar-refractivity contribution in [1.82, 2.24) is 10.6 Å². The number of anilines is 1. The van der Waals surface area contributed by atoms with E-state index in [0.29, 0.717) is 37.3 Å². The molecule has 7 heteroatoms. The Morgan fingerprint density at radius 2 is 2.08 bits per heavy atom. The summed E-state index contributed by atoms with van der Waals surface area (Å²) in [6.45, 7) is 4.49. The van der Waals surface area contributed by atoms with Crippen molar-refractivity contribution in [2.45, 2.75) is 38.3 Å². The Kier molecular flexibility index (Phi) is 4.72. The van der Waals surface area contributed by atoms with Crippen LogP contribution in [0.5, 0.6) is 11.5 Å². The van der Waals surface area contributed by atoms with E-state index in [-0.39, 0.29) is 30.2 Å². The Hall–Kier alpha value is -2.28. The minimum atomic E-state index is -0.305. The molecular weight excluding hydrogens is 334 g/mol. The third-order valence-electron chi connectivity index (χ3n) is 5.30. The molecule has 1 aromatic rings. The molecule has 0 radical (unpaired) electrons. The maximum Gasteiger partial charge on any atom is 0.227 e. The average molecular weight is 359 g/mol. The lowest BCUT2D eigenvalue weighted by Gasteiger charge is -2.29. The minimum Gasteiger partial charge on any atom is -0.486 e. The normalized spacial score (nSPS) is 28.1. The van der Waals surface area contributed by atoms with E-state index >= 15 is 0 Å². The van der Waals surface area contributed by atoms with Crippen LogP contribution >= 0.6 is 0 Å². The summed E-state index contributed by atoms with van der Waals surface area (Å²) < 4.78 is 11.1. The zero-order valence-corrected chi connectivity index (χ0v) is 15.0. The largest absolute Gasteiger partial charge is 0.486 e. The predicted molar refractivity (Wildman–Crippen MR) is 96.5 cm³/mol. The molecule has 0 spiro atoms. The van der Waals surface area contributed by atoms with Gasteiger partial charge in [0.05, 0.1) is 5.92 Å². The van der Waals surface area contributed by atoms with Gasteiger partial charge in [-0.2, -0.15) is 0 Å². The van der Waals surface area contributed by atoms with Crippen LogP contribution in [-0.4, -0.2) is 50.2 Å². The van der Waals surface area contributed by atoms with Gasteiger partial charge in [0.2, 0.25) is 11.8 Å². The first-order valence-electron chi connectivity index (χ1n) is 9.34. The highest BCUT2D eigenvalue weighted by Gasteiger charge is 2.36. The number of piperidine rings is 1. The lowest BCUT2D eigenvalue weighted by Crippen LogP contribution is -2.48. The molecule has 0 aromatic heterocycles. The third-order valence-corrected chi connectivity index (χ3v) is 5.30. The molecular formula is C19H25N3O4. The van der Waals surface area contributed by atoms with E-state index in [0.717, 1.165) is 25.1 Å². The quantitative estimate of drug-likeness (QED) is 0.844. The number of rotatable bonds is 3. The number of carbonyl (C=O) groups is 2. The molecule has 0 aliphatic carbocycles. The molecule has 3 atom stereocenters. The molecule has 3 aliphatic heterocycles. The van der Waals surface area contributed by atoms with Crippen LogP contribution in [0.2, 0.25) is 0 Å². The van der Waals surface area contributed by atoms with Crippen molar-refractivity contribution in [1.29, 1.82) is 0 Å². The van der Waals surface area contributed by atoms with Gasteiger partial charge in [-0.3, -0.25) is 9.59 Å². The van der Waals surface area contributed by atoms with Gasteiger partial charge in [-0.1, -0.05) is 0 Å². The smallest absolute Gasteiger partial charge is 0.227 e. The third kappa shape index (κ3) is 3.49. The molecule has 2 saturated heterocycles. The molecule has 3 heterocycles. The summed E-state index contributed by atoms with van der Waals surface area (Å²) in [7, 11) is 0. The highest BCUT2D eigenvalue weighted by Crippen LogP contribution is 2.36. The molecule has 140 valence electrons. The van der Waals surface area contributed by atoms with E-state index in [1.165, 1.54) is 0 Å². The molecule has 4 rings (SSSR count). The molecule has 1 aromatic carbocycles. The standard InChI is InChI=1S/C19H25N3O4/c1-12-8-14(4-5-20-12)21-19(24)13-9-18(23)22(11-13)15-2-3-16-17(10-15)26-7-6-25-16/h2-3,10,12-14,20H,4-9,11H2,1H3,(H,21,24). The summed E-state index contributed by atoms with van der Waals surface area (Å²) in [4.78, 5) is 26.8. The van der Waals surface area contributed by atoms with E-state index in [1.807, 2.05) is 18.2 Å². The number of fused-ring (bicyclic) bond motifs is 1. The van der Waals surface area contributed by atoms with Crippen molar-refractivity contribution in [3.05, 3.63) is 18.2 Å². The number of amides is 2. The van der Waals surface area contributed by atoms with Gasteiger partial charge in [-0.25, -0.2) is 0 Å². The SMILES string of the molecule is CC1CC(NC(=O)C2CC(=O)N(c3ccc4c(c3)OCCO4)C2)CCN1. The van der Waals surface area contributed by atoms with Gasteiger partial charge in [0, 0.05) is 36.8 Å². The van der Waals surface area contributed by atoms with Gasteiger partial charge >= 0.3 is 0 Å². The van der Waals surface area contributed by atoms with E-state index in [4.69, 9.17) is 9.47 Å². The van der Waals surface area contributed by atoms with Gasteiger partial charge in [-0.05, 0) is 38.4 Å². The average Bonchev–Trinajstić information content (AvgIpc) is 3.03. The number of hydrogen-bond acceptors (Lipinski definition) is 5. The monoisotopic (exact) mass is 359 g/mol. The molecule has 0 bridgehead atoms. The second-order valence-corrected chi connectivity index (χ2v) is 7.32. The number of nitrogens with zero attached hydrogens (tertiary/aromatic N) is 1. The predicted octanol–water partition coefficient (Wildman–Crippen LogP) is 1.07. The summed E-state index contributed by atoms with van der Waals surface area (Å²) in [5.74, 6) is 0.998. The molecule has 7 nitrogen and oxygen atoms in total. The minimum absolute atomic E-state index is 0.0162. The number of carbonyl (C=O) groups excluding carboxylic acids is 2. The van der Waals surface area contributed by atoms with Crippen LogP contribution in [0.3, 0.4) is 0 Å². The Balaban J connectivity index is 1.41. The fourth-order valence-corrected chi connectivity index (χ4v) is 3.91. The zero-order valence-electron chi connectivity index (χ0n) is 15.0. The lowest BCUT2D eigenvalue weighted by molar-refractivity contribution is -0.127. The number of benzene rings is 1. The fraction of sp³-hybridized carbons (Fsp3) is 0.579. The van der Waals surface area contributed by atoms with Gasteiger partial charge < -0.3 is 25.0 Å². The molecule has 2 fully saturated rings.